The summed E-state index contributed by atoms with van der Waals surface area (Å²) in [6, 6.07) is 15.8. The van der Waals surface area contributed by atoms with Crippen molar-refractivity contribution in [1.82, 2.24) is 9.29 Å². The van der Waals surface area contributed by atoms with Gasteiger partial charge in [0.25, 0.3) is 0 Å². The highest BCUT2D eigenvalue weighted by molar-refractivity contribution is 7.89. The van der Waals surface area contributed by atoms with E-state index in [0.29, 0.717) is 37.4 Å². The predicted molar refractivity (Wildman–Crippen MR) is 115 cm³/mol. The van der Waals surface area contributed by atoms with Gasteiger partial charge in [0.05, 0.1) is 23.2 Å². The lowest BCUT2D eigenvalue weighted by Gasteiger charge is -2.30. The smallest absolute Gasteiger partial charge is 0.243 e. The minimum atomic E-state index is -3.59. The fraction of sp³-hybridized carbons (Fsp3) is 0.273. The van der Waals surface area contributed by atoms with Gasteiger partial charge in [-0.1, -0.05) is 18.2 Å². The maximum absolute atomic E-state index is 12.9. The summed E-state index contributed by atoms with van der Waals surface area (Å²) >= 11 is 0. The summed E-state index contributed by atoms with van der Waals surface area (Å²) in [4.78, 5) is 17.4. The second-order valence-corrected chi connectivity index (χ2v) is 9.16. The fourth-order valence-corrected chi connectivity index (χ4v) is 5.16. The van der Waals surface area contributed by atoms with Crippen LogP contribution in [0.25, 0.3) is 10.9 Å². The molecule has 1 amide bonds. The van der Waals surface area contributed by atoms with E-state index in [1.165, 1.54) is 11.4 Å². The van der Waals surface area contributed by atoms with E-state index in [-0.39, 0.29) is 16.7 Å². The number of nitrogens with zero attached hydrogens (tertiary/aromatic N) is 2. The molecule has 0 radical (unpaired) electrons. The average molecular weight is 426 g/mol. The fourth-order valence-electron chi connectivity index (χ4n) is 3.69. The third-order valence-electron chi connectivity index (χ3n) is 5.41. The number of ether oxygens (including phenoxy) is 1. The van der Waals surface area contributed by atoms with Crippen molar-refractivity contribution < 1.29 is 17.9 Å². The Kier molecular flexibility index (Phi) is 5.69. The van der Waals surface area contributed by atoms with Crippen molar-refractivity contribution >= 4 is 32.5 Å². The van der Waals surface area contributed by atoms with Gasteiger partial charge in [0.15, 0.2) is 0 Å². The highest BCUT2D eigenvalue weighted by Crippen LogP contribution is 2.27. The number of rotatable bonds is 5. The number of carbonyl (C=O) groups excluding carboxylic acids is 1. The molecule has 30 heavy (non-hydrogen) atoms. The minimum absolute atomic E-state index is 0.102. The van der Waals surface area contributed by atoms with Crippen LogP contribution in [0.2, 0.25) is 0 Å². The van der Waals surface area contributed by atoms with Crippen LogP contribution in [0.4, 0.5) is 5.69 Å². The van der Waals surface area contributed by atoms with Gasteiger partial charge < -0.3 is 10.1 Å². The topological polar surface area (TPSA) is 88.6 Å². The minimum Gasteiger partial charge on any atom is -0.497 e. The van der Waals surface area contributed by atoms with Crippen LogP contribution >= 0.6 is 0 Å². The Morgan fingerprint density at radius 3 is 2.47 bits per heavy atom. The molecule has 0 atom stereocenters. The molecule has 0 aliphatic carbocycles. The van der Waals surface area contributed by atoms with Crippen molar-refractivity contribution in [2.45, 2.75) is 17.7 Å². The van der Waals surface area contributed by atoms with Crippen LogP contribution in [0.15, 0.2) is 65.7 Å². The summed E-state index contributed by atoms with van der Waals surface area (Å²) < 4.78 is 32.3. The number of sulfonamides is 1. The highest BCUT2D eigenvalue weighted by atomic mass is 32.2. The Morgan fingerprint density at radius 1 is 1.07 bits per heavy atom. The van der Waals surface area contributed by atoms with Crippen molar-refractivity contribution in [3.05, 3.63) is 60.8 Å². The molecule has 3 aromatic rings. The Morgan fingerprint density at radius 2 is 1.77 bits per heavy atom. The van der Waals surface area contributed by atoms with Gasteiger partial charge in [0.2, 0.25) is 15.9 Å². The number of fused-ring (bicyclic) bond motifs is 1. The molecule has 1 aliphatic rings. The number of piperidine rings is 1. The molecule has 0 saturated carbocycles. The SMILES string of the molecule is COc1ccc(S(=O)(=O)N2CCC(C(=O)Nc3cccc4cccnc34)CC2)cc1. The number of nitrogens with one attached hydrogen (secondary N) is 1. The number of aromatic nitrogens is 1. The third-order valence-corrected chi connectivity index (χ3v) is 7.33. The first-order valence-corrected chi connectivity index (χ1v) is 11.2. The van der Waals surface area contributed by atoms with E-state index < -0.39 is 10.0 Å². The molecule has 1 saturated heterocycles. The molecule has 1 fully saturated rings. The lowest BCUT2D eigenvalue weighted by atomic mass is 9.97. The number of hydrogen-bond donors (Lipinski definition) is 1. The van der Waals surface area contributed by atoms with Crippen molar-refractivity contribution in [2.24, 2.45) is 5.92 Å². The predicted octanol–water partition coefficient (Wildman–Crippen LogP) is 3.28. The van der Waals surface area contributed by atoms with E-state index in [1.54, 1.807) is 30.5 Å². The molecule has 1 aromatic heterocycles. The summed E-state index contributed by atoms with van der Waals surface area (Å²) in [5.74, 6) is 0.258. The van der Waals surface area contributed by atoms with Gasteiger partial charge >= 0.3 is 0 Å². The number of carbonyl (C=O) groups is 1. The van der Waals surface area contributed by atoms with Crippen molar-refractivity contribution in [1.29, 1.82) is 0 Å². The van der Waals surface area contributed by atoms with Crippen LogP contribution in [-0.2, 0) is 14.8 Å². The van der Waals surface area contributed by atoms with Crippen LogP contribution in [0.3, 0.4) is 0 Å². The lowest BCUT2D eigenvalue weighted by molar-refractivity contribution is -0.120. The summed E-state index contributed by atoms with van der Waals surface area (Å²) in [7, 11) is -2.05. The van der Waals surface area contributed by atoms with E-state index in [9.17, 15) is 13.2 Å². The summed E-state index contributed by atoms with van der Waals surface area (Å²) in [6.45, 7) is 0.612. The number of benzene rings is 2. The zero-order valence-electron chi connectivity index (χ0n) is 16.6. The Balaban J connectivity index is 1.41. The first-order valence-electron chi connectivity index (χ1n) is 9.78. The third kappa shape index (κ3) is 4.01. The summed E-state index contributed by atoms with van der Waals surface area (Å²) in [6.07, 6.45) is 2.64. The number of methoxy groups -OCH3 is 1. The average Bonchev–Trinajstić information content (AvgIpc) is 2.79. The molecule has 2 aromatic carbocycles. The van der Waals surface area contributed by atoms with Crippen molar-refractivity contribution in [2.75, 3.05) is 25.5 Å². The first kappa shape index (κ1) is 20.3. The number of amides is 1. The van der Waals surface area contributed by atoms with E-state index in [4.69, 9.17) is 4.74 Å². The lowest BCUT2D eigenvalue weighted by Crippen LogP contribution is -2.41. The monoisotopic (exact) mass is 425 g/mol. The molecule has 0 unspecified atom stereocenters. The van der Waals surface area contributed by atoms with Gasteiger partial charge in [0, 0.05) is 30.6 Å². The Labute approximate surface area is 175 Å². The highest BCUT2D eigenvalue weighted by Gasteiger charge is 2.32. The van der Waals surface area contributed by atoms with E-state index in [2.05, 4.69) is 10.3 Å². The van der Waals surface area contributed by atoms with Crippen molar-refractivity contribution in [3.63, 3.8) is 0 Å². The zero-order valence-corrected chi connectivity index (χ0v) is 17.4. The maximum atomic E-state index is 12.9. The van der Waals surface area contributed by atoms with Gasteiger partial charge in [-0.15, -0.1) is 0 Å². The molecule has 4 rings (SSSR count). The molecule has 8 heteroatoms. The summed E-state index contributed by atoms with van der Waals surface area (Å²) in [5.41, 5.74) is 1.42. The molecule has 0 spiro atoms. The van der Waals surface area contributed by atoms with E-state index >= 15 is 0 Å². The summed E-state index contributed by atoms with van der Waals surface area (Å²) in [5, 5.41) is 3.92. The molecule has 7 nitrogen and oxygen atoms in total. The standard InChI is InChI=1S/C22H23N3O4S/c1-29-18-7-9-19(10-8-18)30(27,28)25-14-11-17(12-15-25)22(26)24-20-6-2-4-16-5-3-13-23-21(16)20/h2-10,13,17H,11-12,14-15H2,1H3,(H,24,26). The van der Waals surface area contributed by atoms with Crippen LogP contribution in [0, 0.1) is 5.92 Å². The van der Waals surface area contributed by atoms with Crippen LogP contribution in [0.1, 0.15) is 12.8 Å². The van der Waals surface area contributed by atoms with Crippen LogP contribution < -0.4 is 10.1 Å². The van der Waals surface area contributed by atoms with E-state index in [0.717, 1.165) is 10.9 Å². The van der Waals surface area contributed by atoms with Crippen LogP contribution in [0.5, 0.6) is 5.75 Å². The van der Waals surface area contributed by atoms with Crippen LogP contribution in [-0.4, -0.2) is 43.8 Å². The molecular formula is C22H23N3O4S. The Hall–Kier alpha value is -2.97. The maximum Gasteiger partial charge on any atom is 0.243 e. The van der Waals surface area contributed by atoms with Gasteiger partial charge in [-0.05, 0) is 49.2 Å². The molecule has 0 bridgehead atoms. The Bertz CT molecular complexity index is 1150. The molecule has 156 valence electrons. The molecule has 1 N–H and O–H groups in total. The van der Waals surface area contributed by atoms with Gasteiger partial charge in [-0.3, -0.25) is 9.78 Å². The number of pyridine rings is 1. The molecule has 1 aliphatic heterocycles. The number of hydrogen-bond acceptors (Lipinski definition) is 5. The van der Waals surface area contributed by atoms with E-state index in [1.807, 2.05) is 30.3 Å². The van der Waals surface area contributed by atoms with Gasteiger partial charge in [0.1, 0.15) is 5.75 Å². The largest absolute Gasteiger partial charge is 0.497 e. The van der Waals surface area contributed by atoms with Crippen molar-refractivity contribution in [3.8, 4) is 5.75 Å². The molecule has 2 heterocycles. The normalized spacial score (nSPS) is 15.8. The second-order valence-electron chi connectivity index (χ2n) is 7.22. The second kappa shape index (κ2) is 8.41. The quantitative estimate of drug-likeness (QED) is 0.678. The van der Waals surface area contributed by atoms with Gasteiger partial charge in [-0.2, -0.15) is 4.31 Å². The van der Waals surface area contributed by atoms with Gasteiger partial charge in [-0.25, -0.2) is 8.42 Å². The number of para-hydroxylation sites is 1. The first-order chi connectivity index (χ1) is 14.5. The molecular weight excluding hydrogens is 402 g/mol. The zero-order chi connectivity index (χ0) is 21.1. The number of anilines is 1.